The Morgan fingerprint density at radius 1 is 1.47 bits per heavy atom. The van der Waals surface area contributed by atoms with E-state index in [0.29, 0.717) is 6.04 Å². The molecule has 1 rings (SSSR count). The third kappa shape index (κ3) is 3.69. The SMILES string of the molecule is CCNC(C)/C(C)=C/c1ccccc1Cl. The van der Waals surface area contributed by atoms with E-state index in [2.05, 4.69) is 32.2 Å². The lowest BCUT2D eigenvalue weighted by Gasteiger charge is -2.13. The van der Waals surface area contributed by atoms with Crippen molar-refractivity contribution < 1.29 is 0 Å². The van der Waals surface area contributed by atoms with Gasteiger partial charge in [0.15, 0.2) is 0 Å². The number of hydrogen-bond donors (Lipinski definition) is 1. The summed E-state index contributed by atoms with van der Waals surface area (Å²) in [5.41, 5.74) is 2.38. The van der Waals surface area contributed by atoms with E-state index >= 15 is 0 Å². The van der Waals surface area contributed by atoms with Gasteiger partial charge in [-0.15, -0.1) is 0 Å². The van der Waals surface area contributed by atoms with Gasteiger partial charge in [0.05, 0.1) is 0 Å². The molecule has 1 aromatic rings. The summed E-state index contributed by atoms with van der Waals surface area (Å²) >= 11 is 6.09. The molecule has 0 aliphatic rings. The lowest BCUT2D eigenvalue weighted by atomic mass is 10.1. The second-order valence-electron chi connectivity index (χ2n) is 3.69. The molecule has 82 valence electrons. The Morgan fingerprint density at radius 3 is 2.73 bits per heavy atom. The first-order valence-electron chi connectivity index (χ1n) is 5.31. The average Bonchev–Trinajstić information content (AvgIpc) is 2.21. The minimum absolute atomic E-state index is 0.395. The van der Waals surface area contributed by atoms with Crippen LogP contribution in [-0.4, -0.2) is 12.6 Å². The standard InChI is InChI=1S/C13H18ClN/c1-4-15-11(3)10(2)9-12-7-5-6-8-13(12)14/h5-9,11,15H,4H2,1-3H3/b10-9+. The molecular formula is C13H18ClN. The molecule has 0 saturated carbocycles. The normalized spacial score (nSPS) is 14.0. The van der Waals surface area contributed by atoms with E-state index in [0.717, 1.165) is 17.1 Å². The summed E-state index contributed by atoms with van der Waals surface area (Å²) in [4.78, 5) is 0. The number of nitrogens with one attached hydrogen (secondary N) is 1. The lowest BCUT2D eigenvalue weighted by Crippen LogP contribution is -2.26. The fourth-order valence-electron chi connectivity index (χ4n) is 1.43. The van der Waals surface area contributed by atoms with Crippen molar-refractivity contribution in [3.63, 3.8) is 0 Å². The summed E-state index contributed by atoms with van der Waals surface area (Å²) < 4.78 is 0. The summed E-state index contributed by atoms with van der Waals surface area (Å²) in [5.74, 6) is 0. The predicted octanol–water partition coefficient (Wildman–Crippen LogP) is 3.74. The van der Waals surface area contributed by atoms with Gasteiger partial charge >= 0.3 is 0 Å². The predicted molar refractivity (Wildman–Crippen MR) is 68.2 cm³/mol. The molecule has 0 spiro atoms. The van der Waals surface area contributed by atoms with Crippen LogP contribution < -0.4 is 5.32 Å². The topological polar surface area (TPSA) is 12.0 Å². The van der Waals surface area contributed by atoms with Crippen molar-refractivity contribution in [2.24, 2.45) is 0 Å². The van der Waals surface area contributed by atoms with Gasteiger partial charge in [0.1, 0.15) is 0 Å². The quantitative estimate of drug-likeness (QED) is 0.820. The van der Waals surface area contributed by atoms with Crippen molar-refractivity contribution in [3.05, 3.63) is 40.4 Å². The number of halogens is 1. The molecule has 0 radical (unpaired) electrons. The van der Waals surface area contributed by atoms with Gasteiger partial charge in [0.25, 0.3) is 0 Å². The van der Waals surface area contributed by atoms with Crippen LogP contribution in [0.5, 0.6) is 0 Å². The zero-order valence-electron chi connectivity index (χ0n) is 9.55. The molecule has 0 aliphatic heterocycles. The highest BCUT2D eigenvalue weighted by molar-refractivity contribution is 6.32. The highest BCUT2D eigenvalue weighted by Crippen LogP contribution is 2.18. The van der Waals surface area contributed by atoms with Crippen LogP contribution in [-0.2, 0) is 0 Å². The summed E-state index contributed by atoms with van der Waals surface area (Å²) in [7, 11) is 0. The molecule has 0 saturated heterocycles. The van der Waals surface area contributed by atoms with E-state index < -0.39 is 0 Å². The van der Waals surface area contributed by atoms with Crippen LogP contribution in [0.15, 0.2) is 29.8 Å². The Labute approximate surface area is 97.1 Å². The third-order valence-electron chi connectivity index (χ3n) is 2.48. The van der Waals surface area contributed by atoms with Gasteiger partial charge in [-0.25, -0.2) is 0 Å². The van der Waals surface area contributed by atoms with E-state index in [9.17, 15) is 0 Å². The fourth-order valence-corrected chi connectivity index (χ4v) is 1.62. The molecule has 2 heteroatoms. The van der Waals surface area contributed by atoms with E-state index in [1.54, 1.807) is 0 Å². The number of likely N-dealkylation sites (N-methyl/N-ethyl adjacent to an activating group) is 1. The molecule has 0 heterocycles. The molecule has 1 atom stereocenters. The van der Waals surface area contributed by atoms with E-state index in [4.69, 9.17) is 11.6 Å². The Morgan fingerprint density at radius 2 is 2.13 bits per heavy atom. The first kappa shape index (κ1) is 12.3. The molecule has 0 fully saturated rings. The molecule has 0 aliphatic carbocycles. The minimum atomic E-state index is 0.395. The first-order valence-corrected chi connectivity index (χ1v) is 5.69. The summed E-state index contributed by atoms with van der Waals surface area (Å²) in [6, 6.07) is 8.29. The van der Waals surface area contributed by atoms with Crippen molar-refractivity contribution in [1.29, 1.82) is 0 Å². The van der Waals surface area contributed by atoms with Gasteiger partial charge in [-0.3, -0.25) is 0 Å². The number of benzene rings is 1. The maximum atomic E-state index is 6.09. The molecule has 1 N–H and O–H groups in total. The molecule has 0 amide bonds. The summed E-state index contributed by atoms with van der Waals surface area (Å²) in [5, 5.41) is 4.18. The Bertz CT molecular complexity index is 344. The van der Waals surface area contributed by atoms with E-state index in [1.165, 1.54) is 5.57 Å². The minimum Gasteiger partial charge on any atom is -0.311 e. The number of rotatable bonds is 4. The van der Waals surface area contributed by atoms with Gasteiger partial charge in [-0.2, -0.15) is 0 Å². The van der Waals surface area contributed by atoms with E-state index in [-0.39, 0.29) is 0 Å². The van der Waals surface area contributed by atoms with E-state index in [1.807, 2.05) is 24.3 Å². The Kier molecular flexibility index (Phi) is 4.86. The van der Waals surface area contributed by atoms with Crippen molar-refractivity contribution in [2.45, 2.75) is 26.8 Å². The van der Waals surface area contributed by atoms with Gasteiger partial charge in [-0.1, -0.05) is 48.4 Å². The van der Waals surface area contributed by atoms with Gasteiger partial charge in [-0.05, 0) is 32.0 Å². The average molecular weight is 224 g/mol. The summed E-state index contributed by atoms with van der Waals surface area (Å²) in [6.07, 6.45) is 2.13. The second kappa shape index (κ2) is 5.94. The van der Waals surface area contributed by atoms with Crippen LogP contribution in [0.25, 0.3) is 6.08 Å². The lowest BCUT2D eigenvalue weighted by molar-refractivity contribution is 0.636. The van der Waals surface area contributed by atoms with Crippen LogP contribution >= 0.6 is 11.6 Å². The fraction of sp³-hybridized carbons (Fsp3) is 0.385. The maximum absolute atomic E-state index is 6.09. The Hall–Kier alpha value is -0.790. The highest BCUT2D eigenvalue weighted by atomic mass is 35.5. The second-order valence-corrected chi connectivity index (χ2v) is 4.10. The van der Waals surface area contributed by atoms with Crippen molar-refractivity contribution in [2.75, 3.05) is 6.54 Å². The molecule has 0 aromatic heterocycles. The van der Waals surface area contributed by atoms with Crippen LogP contribution in [0, 0.1) is 0 Å². The number of hydrogen-bond acceptors (Lipinski definition) is 1. The van der Waals surface area contributed by atoms with Crippen LogP contribution in [0.2, 0.25) is 5.02 Å². The van der Waals surface area contributed by atoms with Gasteiger partial charge in [0.2, 0.25) is 0 Å². The highest BCUT2D eigenvalue weighted by Gasteiger charge is 2.02. The first-order chi connectivity index (χ1) is 7.15. The van der Waals surface area contributed by atoms with Gasteiger partial charge < -0.3 is 5.32 Å². The largest absolute Gasteiger partial charge is 0.311 e. The third-order valence-corrected chi connectivity index (χ3v) is 2.83. The molecule has 0 bridgehead atoms. The smallest absolute Gasteiger partial charge is 0.0478 e. The van der Waals surface area contributed by atoms with Crippen LogP contribution in [0.1, 0.15) is 26.3 Å². The molecule has 1 unspecified atom stereocenters. The zero-order chi connectivity index (χ0) is 11.3. The molecule has 15 heavy (non-hydrogen) atoms. The van der Waals surface area contributed by atoms with Crippen LogP contribution in [0.4, 0.5) is 0 Å². The molecule has 1 nitrogen and oxygen atoms in total. The maximum Gasteiger partial charge on any atom is 0.0478 e. The monoisotopic (exact) mass is 223 g/mol. The Balaban J connectivity index is 2.82. The van der Waals surface area contributed by atoms with Crippen molar-refractivity contribution >= 4 is 17.7 Å². The zero-order valence-corrected chi connectivity index (χ0v) is 10.3. The van der Waals surface area contributed by atoms with Crippen LogP contribution in [0.3, 0.4) is 0 Å². The van der Waals surface area contributed by atoms with Crippen molar-refractivity contribution in [1.82, 2.24) is 5.32 Å². The summed E-state index contributed by atoms with van der Waals surface area (Å²) in [6.45, 7) is 7.37. The molecule has 1 aromatic carbocycles. The molecular weight excluding hydrogens is 206 g/mol. The van der Waals surface area contributed by atoms with Gasteiger partial charge in [0, 0.05) is 11.1 Å². The van der Waals surface area contributed by atoms with Crippen molar-refractivity contribution in [3.8, 4) is 0 Å².